The van der Waals surface area contributed by atoms with Crippen molar-refractivity contribution in [1.82, 2.24) is 0 Å². The molecule has 1 fully saturated rings. The maximum atomic E-state index is 6.87. The molecule has 0 spiro atoms. The summed E-state index contributed by atoms with van der Waals surface area (Å²) in [5.41, 5.74) is 8.02. The summed E-state index contributed by atoms with van der Waals surface area (Å²) in [5, 5.41) is 0. The fourth-order valence-corrected chi connectivity index (χ4v) is 4.45. The monoisotopic (exact) mass is 435 g/mol. The molecule has 1 saturated heterocycles. The largest absolute Gasteiger partial charge is 0.497 e. The summed E-state index contributed by atoms with van der Waals surface area (Å²) in [4.78, 5) is 0. The van der Waals surface area contributed by atoms with E-state index in [9.17, 15) is 0 Å². The predicted molar refractivity (Wildman–Crippen MR) is 126 cm³/mol. The summed E-state index contributed by atoms with van der Waals surface area (Å²) < 4.78 is 23.9. The minimum atomic E-state index is -0.796. The fraction of sp³-hybridized carbons (Fsp3) is 0.407. The maximum absolute atomic E-state index is 6.87. The van der Waals surface area contributed by atoms with Gasteiger partial charge in [0.05, 0.1) is 25.4 Å². The minimum Gasteiger partial charge on any atom is -0.497 e. The second-order valence-electron chi connectivity index (χ2n) is 8.67. The molecule has 2 aliphatic rings. The summed E-state index contributed by atoms with van der Waals surface area (Å²) in [6, 6.07) is 18.5. The predicted octanol–water partition coefficient (Wildman–Crippen LogP) is 4.71. The normalized spacial score (nSPS) is 27.1. The molecular formula is C27H33NO4. The Balaban J connectivity index is 1.80. The summed E-state index contributed by atoms with van der Waals surface area (Å²) >= 11 is 0. The van der Waals surface area contributed by atoms with Crippen molar-refractivity contribution in [2.45, 2.75) is 49.7 Å². The van der Waals surface area contributed by atoms with Crippen LogP contribution < -0.4 is 10.5 Å². The number of ether oxygens (including phenoxy) is 4. The van der Waals surface area contributed by atoms with Gasteiger partial charge in [-0.25, -0.2) is 0 Å². The Kier molecular flexibility index (Phi) is 6.82. The van der Waals surface area contributed by atoms with Gasteiger partial charge in [0, 0.05) is 7.11 Å². The van der Waals surface area contributed by atoms with E-state index < -0.39 is 5.60 Å². The Morgan fingerprint density at radius 3 is 2.31 bits per heavy atom. The first-order valence-electron chi connectivity index (χ1n) is 11.2. The Bertz CT molecular complexity index is 955. The number of nitrogens with two attached hydrogens (primary N) is 1. The zero-order valence-electron chi connectivity index (χ0n) is 19.1. The highest BCUT2D eigenvalue weighted by Gasteiger charge is 2.41. The molecule has 32 heavy (non-hydrogen) atoms. The second-order valence-corrected chi connectivity index (χ2v) is 8.67. The third-order valence-electron chi connectivity index (χ3n) is 6.52. The van der Waals surface area contributed by atoms with Crippen molar-refractivity contribution >= 4 is 0 Å². The van der Waals surface area contributed by atoms with Crippen molar-refractivity contribution in [2.24, 2.45) is 5.73 Å². The van der Waals surface area contributed by atoms with Gasteiger partial charge in [-0.3, -0.25) is 0 Å². The van der Waals surface area contributed by atoms with Crippen molar-refractivity contribution in [3.63, 3.8) is 0 Å². The van der Waals surface area contributed by atoms with Crippen LogP contribution in [0.5, 0.6) is 5.75 Å². The molecule has 1 aliphatic heterocycles. The number of benzene rings is 2. The van der Waals surface area contributed by atoms with E-state index in [4.69, 9.17) is 24.7 Å². The topological polar surface area (TPSA) is 62.9 Å². The van der Waals surface area contributed by atoms with Gasteiger partial charge in [0.2, 0.25) is 0 Å². The van der Waals surface area contributed by atoms with Crippen molar-refractivity contribution < 1.29 is 18.9 Å². The van der Waals surface area contributed by atoms with E-state index in [0.717, 1.165) is 41.7 Å². The van der Waals surface area contributed by atoms with Crippen LogP contribution in [0.2, 0.25) is 0 Å². The van der Waals surface area contributed by atoms with Crippen LogP contribution >= 0.6 is 0 Å². The van der Waals surface area contributed by atoms with Gasteiger partial charge in [-0.15, -0.1) is 0 Å². The molecule has 4 atom stereocenters. The molecule has 2 aromatic carbocycles. The number of hydrogen-bond donors (Lipinski definition) is 1. The smallest absolute Gasteiger partial charge is 0.143 e. The van der Waals surface area contributed by atoms with Crippen LogP contribution in [0.25, 0.3) is 0 Å². The first-order chi connectivity index (χ1) is 15.5. The minimum absolute atomic E-state index is 0.0243. The average molecular weight is 436 g/mol. The van der Waals surface area contributed by atoms with Crippen LogP contribution in [-0.2, 0) is 19.8 Å². The summed E-state index contributed by atoms with van der Waals surface area (Å²) in [7, 11) is 3.42. The van der Waals surface area contributed by atoms with Gasteiger partial charge in [0.15, 0.2) is 0 Å². The highest BCUT2D eigenvalue weighted by atomic mass is 16.6. The van der Waals surface area contributed by atoms with Gasteiger partial charge >= 0.3 is 0 Å². The number of hydrogen-bond acceptors (Lipinski definition) is 5. The van der Waals surface area contributed by atoms with E-state index in [1.807, 2.05) is 30.3 Å². The van der Waals surface area contributed by atoms with Gasteiger partial charge in [-0.1, -0.05) is 60.7 Å². The molecule has 4 rings (SSSR count). The molecule has 4 unspecified atom stereocenters. The Morgan fingerprint density at radius 2 is 1.75 bits per heavy atom. The molecule has 0 bridgehead atoms. The summed E-state index contributed by atoms with van der Waals surface area (Å²) in [6.07, 6.45) is 8.74. The van der Waals surface area contributed by atoms with Gasteiger partial charge in [-0.2, -0.15) is 0 Å². The molecule has 5 nitrogen and oxygen atoms in total. The maximum Gasteiger partial charge on any atom is 0.143 e. The van der Waals surface area contributed by atoms with Crippen LogP contribution in [0.15, 0.2) is 78.4 Å². The molecule has 1 heterocycles. The first kappa shape index (κ1) is 22.7. The van der Waals surface area contributed by atoms with Crippen molar-refractivity contribution in [2.75, 3.05) is 20.8 Å². The molecule has 170 valence electrons. The standard InChI is InChI=1S/C27H33NO4/c1-26(30-3)17-15-22(16-18-26)27(20-7-5-4-6-8-20,21-9-11-23(29-2)12-10-21)31-19-24-13-14-25(28)32-24/h4-12,15-17,24-25H,13-14,18-19,28H2,1-3H3. The molecule has 0 amide bonds. The summed E-state index contributed by atoms with van der Waals surface area (Å²) in [5.74, 6) is 0.806. The van der Waals surface area contributed by atoms with Crippen molar-refractivity contribution in [3.8, 4) is 5.75 Å². The lowest BCUT2D eigenvalue weighted by Crippen LogP contribution is -2.38. The van der Waals surface area contributed by atoms with E-state index in [-0.39, 0.29) is 17.9 Å². The Morgan fingerprint density at radius 1 is 1.03 bits per heavy atom. The Hall–Kier alpha value is -2.44. The molecule has 2 N–H and O–H groups in total. The number of rotatable bonds is 8. The number of methoxy groups -OCH3 is 2. The molecule has 0 aromatic heterocycles. The first-order valence-corrected chi connectivity index (χ1v) is 11.2. The van der Waals surface area contributed by atoms with E-state index in [1.54, 1.807) is 14.2 Å². The van der Waals surface area contributed by atoms with Crippen molar-refractivity contribution in [1.29, 1.82) is 0 Å². The Labute approximate surface area is 190 Å². The third kappa shape index (κ3) is 4.52. The SMILES string of the molecule is COc1ccc(C(OCC2CCC(N)O2)(C2=CCC(C)(OC)C=C2)c2ccccc2)cc1. The zero-order chi connectivity index (χ0) is 22.6. The highest BCUT2D eigenvalue weighted by Crippen LogP contribution is 2.44. The van der Waals surface area contributed by atoms with Crippen LogP contribution in [-0.4, -0.2) is 38.8 Å². The molecule has 0 radical (unpaired) electrons. The van der Waals surface area contributed by atoms with Gasteiger partial charge in [0.25, 0.3) is 0 Å². The fourth-order valence-electron chi connectivity index (χ4n) is 4.45. The van der Waals surface area contributed by atoms with Crippen LogP contribution in [0.4, 0.5) is 0 Å². The van der Waals surface area contributed by atoms with E-state index in [2.05, 4.69) is 49.4 Å². The molecule has 1 aliphatic carbocycles. The third-order valence-corrected chi connectivity index (χ3v) is 6.52. The lowest BCUT2D eigenvalue weighted by Gasteiger charge is -2.39. The van der Waals surface area contributed by atoms with Crippen LogP contribution in [0.1, 0.15) is 37.3 Å². The average Bonchev–Trinajstić information content (AvgIpc) is 3.26. The lowest BCUT2D eigenvalue weighted by molar-refractivity contribution is -0.0614. The zero-order valence-corrected chi connectivity index (χ0v) is 19.1. The van der Waals surface area contributed by atoms with Gasteiger partial charge in [0.1, 0.15) is 17.6 Å². The lowest BCUT2D eigenvalue weighted by atomic mass is 9.76. The van der Waals surface area contributed by atoms with Crippen molar-refractivity contribution in [3.05, 3.63) is 89.5 Å². The van der Waals surface area contributed by atoms with E-state index in [1.165, 1.54) is 0 Å². The molecule has 0 saturated carbocycles. The van der Waals surface area contributed by atoms with E-state index >= 15 is 0 Å². The van der Waals surface area contributed by atoms with Gasteiger partial charge in [-0.05, 0) is 55.0 Å². The highest BCUT2D eigenvalue weighted by molar-refractivity contribution is 5.52. The summed E-state index contributed by atoms with van der Waals surface area (Å²) in [6.45, 7) is 2.53. The van der Waals surface area contributed by atoms with Gasteiger partial charge < -0.3 is 24.7 Å². The molecule has 2 aromatic rings. The van der Waals surface area contributed by atoms with E-state index in [0.29, 0.717) is 6.61 Å². The molecular weight excluding hydrogens is 402 g/mol. The quantitative estimate of drug-likeness (QED) is 0.651. The molecule has 5 heteroatoms. The van der Waals surface area contributed by atoms with Crippen LogP contribution in [0.3, 0.4) is 0 Å². The van der Waals surface area contributed by atoms with Crippen LogP contribution in [0, 0.1) is 0 Å². The second kappa shape index (κ2) is 9.59.